The van der Waals surface area contributed by atoms with E-state index in [2.05, 4.69) is 33.4 Å². The van der Waals surface area contributed by atoms with Crippen LogP contribution < -0.4 is 0 Å². The van der Waals surface area contributed by atoms with E-state index in [-0.39, 0.29) is 11.7 Å². The van der Waals surface area contributed by atoms with Gasteiger partial charge in [0.25, 0.3) is 0 Å². The third-order valence-electron chi connectivity index (χ3n) is 4.46. The van der Waals surface area contributed by atoms with Crippen LogP contribution in [-0.4, -0.2) is 19.5 Å². The quantitative estimate of drug-likeness (QED) is 0.648. The van der Waals surface area contributed by atoms with Crippen molar-refractivity contribution in [3.05, 3.63) is 23.8 Å². The van der Waals surface area contributed by atoms with Crippen LogP contribution in [0.25, 0.3) is 0 Å². The summed E-state index contributed by atoms with van der Waals surface area (Å²) >= 11 is 0. The van der Waals surface area contributed by atoms with Crippen molar-refractivity contribution in [1.82, 2.24) is 0 Å². The third-order valence-corrected chi connectivity index (χ3v) is 4.46. The second-order valence-corrected chi connectivity index (χ2v) is 5.94. The Balaban J connectivity index is 2.14. The van der Waals surface area contributed by atoms with Crippen molar-refractivity contribution in [1.29, 1.82) is 0 Å². The van der Waals surface area contributed by atoms with Crippen LogP contribution in [0.3, 0.4) is 0 Å². The van der Waals surface area contributed by atoms with E-state index >= 15 is 0 Å². The van der Waals surface area contributed by atoms with Gasteiger partial charge < -0.3 is 9.47 Å². The minimum atomic E-state index is -0.202. The van der Waals surface area contributed by atoms with Crippen molar-refractivity contribution in [3.8, 4) is 0 Å². The molecule has 0 saturated carbocycles. The van der Waals surface area contributed by atoms with Crippen molar-refractivity contribution in [2.75, 3.05) is 13.2 Å². The number of ether oxygens (including phenoxy) is 2. The first-order valence-corrected chi connectivity index (χ1v) is 6.51. The van der Waals surface area contributed by atoms with E-state index in [9.17, 15) is 0 Å². The number of hydrogen-bond acceptors (Lipinski definition) is 2. The molecule has 2 nitrogen and oxygen atoms in total. The first kappa shape index (κ1) is 12.8. The molecule has 0 aromatic carbocycles. The Morgan fingerprint density at radius 2 is 1.94 bits per heavy atom. The summed E-state index contributed by atoms with van der Waals surface area (Å²) in [6.07, 6.45) is 3.34. The molecule has 96 valence electrons. The SMILES string of the molecule is C=C(C)C1OCC2(CO1)[C@H](C)CC(C)=C[C@@H]2C. The average molecular weight is 236 g/mol. The summed E-state index contributed by atoms with van der Waals surface area (Å²) in [6, 6.07) is 0. The highest BCUT2D eigenvalue weighted by Gasteiger charge is 2.46. The average Bonchev–Trinajstić information content (AvgIpc) is 2.26. The molecule has 1 heterocycles. The van der Waals surface area contributed by atoms with E-state index in [0.29, 0.717) is 11.8 Å². The van der Waals surface area contributed by atoms with E-state index in [0.717, 1.165) is 25.2 Å². The molecule has 0 amide bonds. The standard InChI is InChI=1S/C15H24O2/c1-10(2)14-16-8-15(9-17-14)12(4)6-11(3)7-13(15)5/h6,12-14H,1,7-9H2,2-5H3/t12-,13+,14?,15?/m0/s1. The van der Waals surface area contributed by atoms with Crippen LogP contribution in [0.1, 0.15) is 34.1 Å². The van der Waals surface area contributed by atoms with E-state index in [4.69, 9.17) is 9.47 Å². The Morgan fingerprint density at radius 3 is 2.41 bits per heavy atom. The van der Waals surface area contributed by atoms with Crippen LogP contribution >= 0.6 is 0 Å². The fourth-order valence-electron chi connectivity index (χ4n) is 3.18. The summed E-state index contributed by atoms with van der Waals surface area (Å²) in [5.74, 6) is 1.14. The van der Waals surface area contributed by atoms with Crippen molar-refractivity contribution in [3.63, 3.8) is 0 Å². The highest BCUT2D eigenvalue weighted by molar-refractivity contribution is 5.14. The molecule has 1 aliphatic carbocycles. The van der Waals surface area contributed by atoms with Gasteiger partial charge in [-0.3, -0.25) is 0 Å². The third kappa shape index (κ3) is 2.21. The summed E-state index contributed by atoms with van der Waals surface area (Å²) in [7, 11) is 0. The fraction of sp³-hybridized carbons (Fsp3) is 0.733. The summed E-state index contributed by atoms with van der Waals surface area (Å²) < 4.78 is 11.7. The van der Waals surface area contributed by atoms with E-state index in [1.165, 1.54) is 5.57 Å². The van der Waals surface area contributed by atoms with Gasteiger partial charge in [0.1, 0.15) is 0 Å². The molecule has 2 atom stereocenters. The molecular formula is C15H24O2. The molecule has 1 fully saturated rings. The van der Waals surface area contributed by atoms with Gasteiger partial charge in [-0.15, -0.1) is 0 Å². The maximum absolute atomic E-state index is 5.86. The second-order valence-electron chi connectivity index (χ2n) is 5.94. The molecule has 2 rings (SSSR count). The van der Waals surface area contributed by atoms with Gasteiger partial charge in [-0.1, -0.05) is 32.1 Å². The van der Waals surface area contributed by atoms with Crippen LogP contribution in [0.5, 0.6) is 0 Å². The van der Waals surface area contributed by atoms with E-state index in [1.54, 1.807) is 0 Å². The number of allylic oxidation sites excluding steroid dienone is 2. The van der Waals surface area contributed by atoms with Crippen molar-refractivity contribution >= 4 is 0 Å². The highest BCUT2D eigenvalue weighted by atomic mass is 16.7. The summed E-state index contributed by atoms with van der Waals surface area (Å²) in [5, 5.41) is 0. The second kappa shape index (κ2) is 4.58. The molecule has 1 aliphatic heterocycles. The Labute approximate surface area is 105 Å². The molecule has 2 aliphatic rings. The predicted octanol–water partition coefficient (Wildman–Crippen LogP) is 3.54. The van der Waals surface area contributed by atoms with Crippen LogP contribution in [0.2, 0.25) is 0 Å². The minimum absolute atomic E-state index is 0.158. The fourth-order valence-corrected chi connectivity index (χ4v) is 3.18. The summed E-state index contributed by atoms with van der Waals surface area (Å²) in [6.45, 7) is 14.3. The Kier molecular flexibility index (Phi) is 3.46. The Bertz CT molecular complexity index is 335. The topological polar surface area (TPSA) is 18.5 Å². The molecule has 0 N–H and O–H groups in total. The number of hydrogen-bond donors (Lipinski definition) is 0. The molecule has 2 heteroatoms. The van der Waals surface area contributed by atoms with Crippen LogP contribution in [0.15, 0.2) is 23.8 Å². The molecule has 0 aromatic heterocycles. The smallest absolute Gasteiger partial charge is 0.179 e. The van der Waals surface area contributed by atoms with Gasteiger partial charge in [0, 0.05) is 5.41 Å². The summed E-state index contributed by atoms with van der Waals surface area (Å²) in [5.41, 5.74) is 2.62. The maximum atomic E-state index is 5.86. The van der Waals surface area contributed by atoms with Crippen molar-refractivity contribution < 1.29 is 9.47 Å². The van der Waals surface area contributed by atoms with Gasteiger partial charge in [0.2, 0.25) is 0 Å². The summed E-state index contributed by atoms with van der Waals surface area (Å²) in [4.78, 5) is 0. The van der Waals surface area contributed by atoms with E-state index < -0.39 is 0 Å². The van der Waals surface area contributed by atoms with Crippen molar-refractivity contribution in [2.24, 2.45) is 17.3 Å². The molecule has 17 heavy (non-hydrogen) atoms. The molecular weight excluding hydrogens is 212 g/mol. The monoisotopic (exact) mass is 236 g/mol. The van der Waals surface area contributed by atoms with Gasteiger partial charge in [-0.2, -0.15) is 0 Å². The zero-order chi connectivity index (χ0) is 12.6. The molecule has 0 aromatic rings. The molecule has 0 radical (unpaired) electrons. The molecule has 0 bridgehead atoms. The van der Waals surface area contributed by atoms with Gasteiger partial charge in [0.05, 0.1) is 13.2 Å². The number of rotatable bonds is 1. The molecule has 1 saturated heterocycles. The van der Waals surface area contributed by atoms with Crippen LogP contribution in [-0.2, 0) is 9.47 Å². The largest absolute Gasteiger partial charge is 0.348 e. The zero-order valence-electron chi connectivity index (χ0n) is 11.5. The lowest BCUT2D eigenvalue weighted by atomic mass is 9.63. The van der Waals surface area contributed by atoms with Gasteiger partial charge in [0.15, 0.2) is 6.29 Å². The zero-order valence-corrected chi connectivity index (χ0v) is 11.5. The Morgan fingerprint density at radius 1 is 1.35 bits per heavy atom. The van der Waals surface area contributed by atoms with Crippen LogP contribution in [0.4, 0.5) is 0 Å². The normalized spacial score (nSPS) is 42.4. The van der Waals surface area contributed by atoms with Crippen LogP contribution in [0, 0.1) is 17.3 Å². The van der Waals surface area contributed by atoms with Gasteiger partial charge in [-0.05, 0) is 37.7 Å². The Hall–Kier alpha value is -0.600. The lowest BCUT2D eigenvalue weighted by Crippen LogP contribution is -2.51. The predicted molar refractivity (Wildman–Crippen MR) is 69.6 cm³/mol. The highest BCUT2D eigenvalue weighted by Crippen LogP contribution is 2.47. The molecule has 1 spiro atoms. The lowest BCUT2D eigenvalue weighted by molar-refractivity contribution is -0.234. The van der Waals surface area contributed by atoms with Gasteiger partial charge >= 0.3 is 0 Å². The van der Waals surface area contributed by atoms with E-state index in [1.807, 2.05) is 6.92 Å². The van der Waals surface area contributed by atoms with Crippen molar-refractivity contribution in [2.45, 2.75) is 40.4 Å². The molecule has 0 unspecified atom stereocenters. The lowest BCUT2D eigenvalue weighted by Gasteiger charge is -2.49. The minimum Gasteiger partial charge on any atom is -0.348 e. The van der Waals surface area contributed by atoms with Gasteiger partial charge in [-0.25, -0.2) is 0 Å². The first-order valence-electron chi connectivity index (χ1n) is 6.51. The maximum Gasteiger partial charge on any atom is 0.179 e. The first-order chi connectivity index (χ1) is 7.95.